The van der Waals surface area contributed by atoms with Gasteiger partial charge in [-0.15, -0.1) is 11.3 Å². The van der Waals surface area contributed by atoms with E-state index in [1.807, 2.05) is 17.5 Å². The fraction of sp³-hybridized carbons (Fsp3) is 0.333. The van der Waals surface area contributed by atoms with E-state index >= 15 is 0 Å². The first-order valence-electron chi connectivity index (χ1n) is 4.43. The second-order valence-corrected chi connectivity index (χ2v) is 4.12. The van der Waals surface area contributed by atoms with Crippen molar-refractivity contribution < 1.29 is 9.59 Å². The van der Waals surface area contributed by atoms with Gasteiger partial charge in [0.2, 0.25) is 11.8 Å². The van der Waals surface area contributed by atoms with Gasteiger partial charge >= 0.3 is 0 Å². The van der Waals surface area contributed by atoms with Gasteiger partial charge in [0.25, 0.3) is 0 Å². The Morgan fingerprint density at radius 3 is 2.67 bits per heavy atom. The Labute approximate surface area is 91.4 Å². The van der Waals surface area contributed by atoms with Crippen LogP contribution in [0.1, 0.15) is 11.3 Å². The van der Waals surface area contributed by atoms with Crippen LogP contribution in [0.25, 0.3) is 0 Å². The van der Waals surface area contributed by atoms with E-state index < -0.39 is 17.9 Å². The van der Waals surface area contributed by atoms with Crippen LogP contribution in [0.3, 0.4) is 0 Å². The summed E-state index contributed by atoms with van der Waals surface area (Å²) >= 11 is 1.56. The third-order valence-electron chi connectivity index (χ3n) is 1.85. The van der Waals surface area contributed by atoms with Gasteiger partial charge in [0.05, 0.1) is 12.5 Å². The van der Waals surface area contributed by atoms with Crippen LogP contribution in [0.5, 0.6) is 0 Å². The summed E-state index contributed by atoms with van der Waals surface area (Å²) in [4.78, 5) is 22.7. The maximum atomic E-state index is 10.9. The second kappa shape index (κ2) is 5.47. The van der Waals surface area contributed by atoms with Crippen molar-refractivity contribution in [2.75, 3.05) is 0 Å². The molecule has 5 N–H and O–H groups in total. The second-order valence-electron chi connectivity index (χ2n) is 3.09. The number of hydrogen-bond donors (Lipinski definition) is 3. The average molecular weight is 227 g/mol. The van der Waals surface area contributed by atoms with E-state index in [-0.39, 0.29) is 6.42 Å². The van der Waals surface area contributed by atoms with Gasteiger partial charge in [0.15, 0.2) is 0 Å². The Kier molecular flexibility index (Phi) is 4.26. The van der Waals surface area contributed by atoms with E-state index in [0.717, 1.165) is 4.88 Å². The highest BCUT2D eigenvalue weighted by Crippen LogP contribution is 2.08. The molecule has 1 heterocycles. The lowest BCUT2D eigenvalue weighted by Gasteiger charge is -2.12. The van der Waals surface area contributed by atoms with Crippen molar-refractivity contribution in [3.05, 3.63) is 22.4 Å². The number of thiophene rings is 1. The van der Waals surface area contributed by atoms with Crippen molar-refractivity contribution in [1.29, 1.82) is 0 Å². The van der Waals surface area contributed by atoms with Crippen LogP contribution in [0.2, 0.25) is 0 Å². The molecule has 0 aliphatic carbocycles. The lowest BCUT2D eigenvalue weighted by atomic mass is 10.2. The molecule has 1 unspecified atom stereocenters. The summed E-state index contributed by atoms with van der Waals surface area (Å²) in [6, 6.07) is 3.15. The van der Waals surface area contributed by atoms with Gasteiger partial charge in [0.1, 0.15) is 0 Å². The van der Waals surface area contributed by atoms with E-state index in [9.17, 15) is 9.59 Å². The lowest BCUT2D eigenvalue weighted by molar-refractivity contribution is -0.125. The SMILES string of the molecule is NC(=O)CC(NCc1cccs1)C(N)=O. The number of nitrogens with two attached hydrogens (primary N) is 2. The van der Waals surface area contributed by atoms with Crippen molar-refractivity contribution >= 4 is 23.2 Å². The minimum atomic E-state index is -0.690. The van der Waals surface area contributed by atoms with Crippen molar-refractivity contribution in [3.8, 4) is 0 Å². The standard InChI is InChI=1S/C9H13N3O2S/c10-8(13)4-7(9(11)14)12-5-6-2-1-3-15-6/h1-3,7,12H,4-5H2,(H2,10,13)(H2,11,14). The van der Waals surface area contributed by atoms with Gasteiger partial charge in [-0.25, -0.2) is 0 Å². The number of primary amides is 2. The number of nitrogens with one attached hydrogen (secondary N) is 1. The van der Waals surface area contributed by atoms with E-state index in [1.54, 1.807) is 11.3 Å². The molecule has 0 saturated heterocycles. The van der Waals surface area contributed by atoms with Gasteiger partial charge in [-0.05, 0) is 11.4 Å². The molecule has 0 spiro atoms. The van der Waals surface area contributed by atoms with E-state index in [0.29, 0.717) is 6.54 Å². The zero-order chi connectivity index (χ0) is 11.3. The summed E-state index contributed by atoms with van der Waals surface area (Å²) in [5.74, 6) is -1.11. The molecule has 1 aromatic rings. The Morgan fingerprint density at radius 1 is 1.47 bits per heavy atom. The molecule has 1 rings (SSSR count). The third-order valence-corrected chi connectivity index (χ3v) is 2.73. The lowest BCUT2D eigenvalue weighted by Crippen LogP contribution is -2.43. The molecule has 5 nitrogen and oxygen atoms in total. The highest BCUT2D eigenvalue weighted by Gasteiger charge is 2.17. The topological polar surface area (TPSA) is 98.2 Å². The average Bonchev–Trinajstić information content (AvgIpc) is 2.63. The van der Waals surface area contributed by atoms with Crippen LogP contribution < -0.4 is 16.8 Å². The molecule has 0 bridgehead atoms. The fourth-order valence-electron chi connectivity index (χ4n) is 1.11. The largest absolute Gasteiger partial charge is 0.370 e. The van der Waals surface area contributed by atoms with Gasteiger partial charge in [0, 0.05) is 11.4 Å². The monoisotopic (exact) mass is 227 g/mol. The summed E-state index contributed by atoms with van der Waals surface area (Å²) in [5, 5.41) is 4.82. The first kappa shape index (κ1) is 11.7. The van der Waals surface area contributed by atoms with E-state index in [1.165, 1.54) is 0 Å². The molecule has 0 aliphatic heterocycles. The molecule has 1 aromatic heterocycles. The molecule has 1 atom stereocenters. The predicted octanol–water partition coefficient (Wildman–Crippen LogP) is -0.433. The Balaban J connectivity index is 2.45. The van der Waals surface area contributed by atoms with Crippen LogP contribution >= 0.6 is 11.3 Å². The van der Waals surface area contributed by atoms with Gasteiger partial charge in [-0.2, -0.15) is 0 Å². The number of amides is 2. The third kappa shape index (κ3) is 4.09. The minimum absolute atomic E-state index is 0.0687. The maximum absolute atomic E-state index is 10.9. The number of hydrogen-bond acceptors (Lipinski definition) is 4. The first-order valence-corrected chi connectivity index (χ1v) is 5.31. The van der Waals surface area contributed by atoms with Crippen LogP contribution in [-0.4, -0.2) is 17.9 Å². The summed E-state index contributed by atoms with van der Waals surface area (Å²) < 4.78 is 0. The number of rotatable bonds is 6. The molecule has 0 aliphatic rings. The first-order chi connectivity index (χ1) is 7.09. The molecular formula is C9H13N3O2S. The van der Waals surface area contributed by atoms with Crippen molar-refractivity contribution in [2.45, 2.75) is 19.0 Å². The Bertz CT molecular complexity index is 337. The highest BCUT2D eigenvalue weighted by atomic mass is 32.1. The van der Waals surface area contributed by atoms with Gasteiger partial charge in [-0.3, -0.25) is 9.59 Å². The van der Waals surface area contributed by atoms with Crippen LogP contribution in [0.15, 0.2) is 17.5 Å². The van der Waals surface area contributed by atoms with Crippen LogP contribution in [-0.2, 0) is 16.1 Å². The molecule has 0 fully saturated rings. The highest BCUT2D eigenvalue weighted by molar-refractivity contribution is 7.09. The predicted molar refractivity (Wildman–Crippen MR) is 58.0 cm³/mol. The molecule has 2 amide bonds. The summed E-state index contributed by atoms with van der Waals surface area (Å²) in [7, 11) is 0. The number of carbonyl (C=O) groups excluding carboxylic acids is 2. The van der Waals surface area contributed by atoms with Crippen molar-refractivity contribution in [2.24, 2.45) is 11.5 Å². The molecule has 0 aromatic carbocycles. The van der Waals surface area contributed by atoms with Crippen LogP contribution in [0.4, 0.5) is 0 Å². The minimum Gasteiger partial charge on any atom is -0.370 e. The summed E-state index contributed by atoms with van der Waals surface area (Å²) in [6.07, 6.45) is -0.0687. The maximum Gasteiger partial charge on any atom is 0.235 e. The molecule has 6 heteroatoms. The fourth-order valence-corrected chi connectivity index (χ4v) is 1.77. The zero-order valence-electron chi connectivity index (χ0n) is 8.10. The molecule has 0 radical (unpaired) electrons. The van der Waals surface area contributed by atoms with Gasteiger partial charge < -0.3 is 16.8 Å². The summed E-state index contributed by atoms with van der Waals surface area (Å²) in [5.41, 5.74) is 10.1. The van der Waals surface area contributed by atoms with E-state index in [4.69, 9.17) is 11.5 Å². The van der Waals surface area contributed by atoms with Crippen LogP contribution in [0, 0.1) is 0 Å². The van der Waals surface area contributed by atoms with E-state index in [2.05, 4.69) is 5.32 Å². The molecule has 82 valence electrons. The zero-order valence-corrected chi connectivity index (χ0v) is 8.92. The molecule has 0 saturated carbocycles. The van der Waals surface area contributed by atoms with Crippen molar-refractivity contribution in [1.82, 2.24) is 5.32 Å². The smallest absolute Gasteiger partial charge is 0.235 e. The van der Waals surface area contributed by atoms with Gasteiger partial charge in [-0.1, -0.05) is 6.07 Å². The summed E-state index contributed by atoms with van der Waals surface area (Å²) in [6.45, 7) is 0.512. The Hall–Kier alpha value is -1.40. The number of carbonyl (C=O) groups is 2. The normalized spacial score (nSPS) is 12.3. The molecule has 15 heavy (non-hydrogen) atoms. The quantitative estimate of drug-likeness (QED) is 0.614. The molecular weight excluding hydrogens is 214 g/mol. The van der Waals surface area contributed by atoms with Crippen molar-refractivity contribution in [3.63, 3.8) is 0 Å². The Morgan fingerprint density at radius 2 is 2.20 bits per heavy atom.